The molecule has 0 fully saturated rings. The van der Waals surface area contributed by atoms with Crippen LogP contribution in [0.2, 0.25) is 0 Å². The predicted octanol–water partition coefficient (Wildman–Crippen LogP) is 4.56. The third-order valence-corrected chi connectivity index (χ3v) is 5.36. The lowest BCUT2D eigenvalue weighted by molar-refractivity contribution is -0.115. The number of thiazole rings is 1. The van der Waals surface area contributed by atoms with Gasteiger partial charge in [0.15, 0.2) is 5.13 Å². The summed E-state index contributed by atoms with van der Waals surface area (Å²) in [7, 11) is 0. The fourth-order valence-electron chi connectivity index (χ4n) is 3.09. The number of rotatable bonds is 4. The highest BCUT2D eigenvalue weighted by Gasteiger charge is 2.18. The third-order valence-electron chi connectivity index (χ3n) is 4.67. The molecular formula is C21H20N4OS. The van der Waals surface area contributed by atoms with E-state index in [2.05, 4.69) is 42.3 Å². The maximum Gasteiger partial charge on any atom is 0.232 e. The van der Waals surface area contributed by atoms with Crippen molar-refractivity contribution in [2.45, 2.75) is 27.2 Å². The molecule has 5 nitrogen and oxygen atoms in total. The summed E-state index contributed by atoms with van der Waals surface area (Å²) in [6.07, 6.45) is 3.89. The van der Waals surface area contributed by atoms with Crippen LogP contribution < -0.4 is 5.32 Å². The van der Waals surface area contributed by atoms with Gasteiger partial charge < -0.3 is 9.72 Å². The maximum atomic E-state index is 12.6. The first-order chi connectivity index (χ1) is 13.0. The van der Waals surface area contributed by atoms with Gasteiger partial charge in [0.25, 0.3) is 0 Å². The second-order valence-electron chi connectivity index (χ2n) is 6.70. The van der Waals surface area contributed by atoms with E-state index in [0.29, 0.717) is 5.13 Å². The summed E-state index contributed by atoms with van der Waals surface area (Å²) in [6.45, 7) is 6.22. The number of benzene rings is 1. The van der Waals surface area contributed by atoms with E-state index in [1.165, 1.54) is 22.5 Å². The van der Waals surface area contributed by atoms with Gasteiger partial charge in [-0.25, -0.2) is 9.97 Å². The maximum absolute atomic E-state index is 12.6. The van der Waals surface area contributed by atoms with Crippen molar-refractivity contribution in [3.05, 3.63) is 70.5 Å². The number of hydrogen-bond acceptors (Lipinski definition) is 4. The molecule has 1 amide bonds. The highest BCUT2D eigenvalue weighted by atomic mass is 32.1. The van der Waals surface area contributed by atoms with Crippen molar-refractivity contribution in [1.29, 1.82) is 0 Å². The van der Waals surface area contributed by atoms with Gasteiger partial charge in [-0.2, -0.15) is 0 Å². The lowest BCUT2D eigenvalue weighted by atomic mass is 10.0. The average Bonchev–Trinajstić information content (AvgIpc) is 3.25. The van der Waals surface area contributed by atoms with Crippen LogP contribution in [-0.2, 0) is 11.2 Å². The minimum atomic E-state index is -0.0996. The summed E-state index contributed by atoms with van der Waals surface area (Å²) >= 11 is 1.41. The summed E-state index contributed by atoms with van der Waals surface area (Å²) < 4.78 is 2.00. The number of hydrogen-bond donors (Lipinski definition) is 1. The minimum absolute atomic E-state index is 0.0996. The van der Waals surface area contributed by atoms with Crippen LogP contribution in [0.5, 0.6) is 0 Å². The van der Waals surface area contributed by atoms with Crippen molar-refractivity contribution in [3.63, 3.8) is 0 Å². The van der Waals surface area contributed by atoms with Crippen LogP contribution in [0.15, 0.2) is 48.1 Å². The van der Waals surface area contributed by atoms with Crippen LogP contribution in [0.1, 0.15) is 22.4 Å². The third kappa shape index (κ3) is 3.48. The number of fused-ring (bicyclic) bond motifs is 1. The number of anilines is 1. The predicted molar refractivity (Wildman–Crippen MR) is 109 cm³/mol. The fourth-order valence-corrected chi connectivity index (χ4v) is 3.63. The highest BCUT2D eigenvalue weighted by Crippen LogP contribution is 2.27. The van der Waals surface area contributed by atoms with Crippen molar-refractivity contribution in [2.75, 3.05) is 5.32 Å². The van der Waals surface area contributed by atoms with Crippen LogP contribution in [-0.4, -0.2) is 20.3 Å². The first-order valence-corrected chi connectivity index (χ1v) is 9.64. The smallest absolute Gasteiger partial charge is 0.232 e. The molecule has 0 aliphatic rings. The van der Waals surface area contributed by atoms with Crippen LogP contribution in [0, 0.1) is 20.8 Å². The second kappa shape index (κ2) is 6.96. The van der Waals surface area contributed by atoms with Crippen molar-refractivity contribution in [1.82, 2.24) is 14.4 Å². The SMILES string of the molecule is Cc1ccn2c(CC(=O)Nc3nccs3)c(-c3ccc(C)c(C)c3)nc2c1. The van der Waals surface area contributed by atoms with Gasteiger partial charge in [0.1, 0.15) is 5.65 Å². The zero-order chi connectivity index (χ0) is 19.0. The van der Waals surface area contributed by atoms with Crippen LogP contribution in [0.4, 0.5) is 5.13 Å². The molecule has 27 heavy (non-hydrogen) atoms. The Morgan fingerprint density at radius 3 is 2.74 bits per heavy atom. The van der Waals surface area contributed by atoms with Gasteiger partial charge in [-0.3, -0.25) is 4.79 Å². The number of nitrogens with one attached hydrogen (secondary N) is 1. The first kappa shape index (κ1) is 17.4. The van der Waals surface area contributed by atoms with Gasteiger partial charge in [-0.1, -0.05) is 12.1 Å². The molecule has 0 radical (unpaired) electrons. The summed E-state index contributed by atoms with van der Waals surface area (Å²) in [5, 5.41) is 5.31. The van der Waals surface area contributed by atoms with Crippen molar-refractivity contribution in [3.8, 4) is 11.3 Å². The molecule has 1 N–H and O–H groups in total. The molecule has 0 unspecified atom stereocenters. The van der Waals surface area contributed by atoms with E-state index in [0.717, 1.165) is 28.2 Å². The first-order valence-electron chi connectivity index (χ1n) is 8.76. The molecule has 1 aromatic carbocycles. The number of aryl methyl sites for hydroxylation is 3. The highest BCUT2D eigenvalue weighted by molar-refractivity contribution is 7.13. The van der Waals surface area contributed by atoms with Gasteiger partial charge in [0, 0.05) is 23.3 Å². The Bertz CT molecular complexity index is 1130. The Labute approximate surface area is 161 Å². The largest absolute Gasteiger partial charge is 0.303 e. The van der Waals surface area contributed by atoms with Gasteiger partial charge in [0.05, 0.1) is 17.8 Å². The lowest BCUT2D eigenvalue weighted by Gasteiger charge is -2.07. The van der Waals surface area contributed by atoms with E-state index < -0.39 is 0 Å². The molecule has 6 heteroatoms. The standard InChI is InChI=1S/C21H20N4OS/c1-13-6-8-25-17(12-19(26)24-21-22-7-9-27-21)20(23-18(25)10-13)16-5-4-14(2)15(3)11-16/h4-11H,12H2,1-3H3,(H,22,24,26). The van der Waals surface area contributed by atoms with E-state index in [4.69, 9.17) is 4.98 Å². The minimum Gasteiger partial charge on any atom is -0.303 e. The Morgan fingerprint density at radius 1 is 1.15 bits per heavy atom. The molecule has 0 spiro atoms. The van der Waals surface area contributed by atoms with Gasteiger partial charge in [0.2, 0.25) is 5.91 Å². The van der Waals surface area contributed by atoms with E-state index in [1.807, 2.05) is 35.0 Å². The molecule has 4 rings (SSSR count). The van der Waals surface area contributed by atoms with Gasteiger partial charge in [-0.05, 0) is 55.7 Å². The number of pyridine rings is 1. The number of nitrogens with zero attached hydrogens (tertiary/aromatic N) is 3. The van der Waals surface area contributed by atoms with Crippen LogP contribution >= 0.6 is 11.3 Å². The Balaban J connectivity index is 1.78. The molecule has 4 aromatic rings. The number of imidazole rings is 1. The topological polar surface area (TPSA) is 59.3 Å². The van der Waals surface area contributed by atoms with Crippen LogP contribution in [0.3, 0.4) is 0 Å². The summed E-state index contributed by atoms with van der Waals surface area (Å²) in [6, 6.07) is 10.4. The van der Waals surface area contributed by atoms with Gasteiger partial charge in [-0.15, -0.1) is 11.3 Å². The molecule has 136 valence electrons. The zero-order valence-electron chi connectivity index (χ0n) is 15.5. The number of amides is 1. The van der Waals surface area contributed by atoms with Crippen LogP contribution in [0.25, 0.3) is 16.9 Å². The molecule has 0 bridgehead atoms. The molecule has 3 heterocycles. The van der Waals surface area contributed by atoms with Crippen molar-refractivity contribution >= 4 is 28.0 Å². The quantitative estimate of drug-likeness (QED) is 0.568. The molecule has 3 aromatic heterocycles. The summed E-state index contributed by atoms with van der Waals surface area (Å²) in [5.41, 5.74) is 7.18. The lowest BCUT2D eigenvalue weighted by Crippen LogP contribution is -2.16. The molecule has 0 saturated heterocycles. The Morgan fingerprint density at radius 2 is 2.00 bits per heavy atom. The van der Waals surface area contributed by atoms with E-state index >= 15 is 0 Å². The molecule has 0 atom stereocenters. The Kier molecular flexibility index (Phi) is 4.49. The Hall–Kier alpha value is -2.99. The molecule has 0 aliphatic carbocycles. The van der Waals surface area contributed by atoms with Gasteiger partial charge >= 0.3 is 0 Å². The van der Waals surface area contributed by atoms with Crippen molar-refractivity contribution < 1.29 is 4.79 Å². The molecule has 0 saturated carbocycles. The number of carbonyl (C=O) groups is 1. The normalized spacial score (nSPS) is 11.1. The number of aromatic nitrogens is 3. The van der Waals surface area contributed by atoms with E-state index in [-0.39, 0.29) is 12.3 Å². The summed E-state index contributed by atoms with van der Waals surface area (Å²) in [5.74, 6) is -0.0996. The zero-order valence-corrected chi connectivity index (χ0v) is 16.3. The average molecular weight is 376 g/mol. The van der Waals surface area contributed by atoms with E-state index in [9.17, 15) is 4.79 Å². The van der Waals surface area contributed by atoms with Crippen molar-refractivity contribution in [2.24, 2.45) is 0 Å². The number of carbonyl (C=O) groups excluding carboxylic acids is 1. The fraction of sp³-hybridized carbons (Fsp3) is 0.190. The van der Waals surface area contributed by atoms with E-state index in [1.54, 1.807) is 6.20 Å². The summed E-state index contributed by atoms with van der Waals surface area (Å²) in [4.78, 5) is 21.6. The molecular weight excluding hydrogens is 356 g/mol. The monoisotopic (exact) mass is 376 g/mol. The molecule has 0 aliphatic heterocycles. The second-order valence-corrected chi connectivity index (χ2v) is 7.60.